The van der Waals surface area contributed by atoms with E-state index in [-0.39, 0.29) is 6.61 Å². The summed E-state index contributed by atoms with van der Waals surface area (Å²) in [5, 5.41) is 12.7. The zero-order chi connectivity index (χ0) is 20.6. The standard InChI is InChI=1S/C21H17ClN4O.CH5N/c22-16-8-6-15(7-9-16)19-20(14-4-2-1-3-5-14)26-21-17(24-19)10-11-18(25-21)23-12-13-27;1-2/h1-11,27H,12-13H2,(H,23,25,26);2H2,1H3. The summed E-state index contributed by atoms with van der Waals surface area (Å²) in [6.07, 6.45) is 0. The lowest BCUT2D eigenvalue weighted by Gasteiger charge is -2.11. The molecule has 0 bridgehead atoms. The molecule has 0 amide bonds. The molecule has 0 fully saturated rings. The largest absolute Gasteiger partial charge is 0.395 e. The number of pyridine rings is 1. The maximum atomic E-state index is 8.99. The van der Waals surface area contributed by atoms with Crippen LogP contribution in [0.1, 0.15) is 0 Å². The molecule has 29 heavy (non-hydrogen) atoms. The topological polar surface area (TPSA) is 97.0 Å². The van der Waals surface area contributed by atoms with Crippen LogP contribution in [0.4, 0.5) is 5.82 Å². The zero-order valence-corrected chi connectivity index (χ0v) is 16.8. The molecule has 148 valence electrons. The molecule has 7 heteroatoms. The lowest BCUT2D eigenvalue weighted by Crippen LogP contribution is -2.07. The van der Waals surface area contributed by atoms with Crippen LogP contribution in [0.3, 0.4) is 0 Å². The Kier molecular flexibility index (Phi) is 7.08. The van der Waals surface area contributed by atoms with Crippen molar-refractivity contribution < 1.29 is 5.11 Å². The maximum absolute atomic E-state index is 8.99. The van der Waals surface area contributed by atoms with Crippen LogP contribution in [0.5, 0.6) is 0 Å². The van der Waals surface area contributed by atoms with Gasteiger partial charge < -0.3 is 16.2 Å². The highest BCUT2D eigenvalue weighted by Gasteiger charge is 2.14. The lowest BCUT2D eigenvalue weighted by molar-refractivity contribution is 0.311. The first-order chi connectivity index (χ1) is 14.2. The van der Waals surface area contributed by atoms with Crippen LogP contribution in [0.2, 0.25) is 5.02 Å². The molecule has 2 aromatic heterocycles. The highest BCUT2D eigenvalue weighted by Crippen LogP contribution is 2.31. The van der Waals surface area contributed by atoms with Crippen molar-refractivity contribution in [2.24, 2.45) is 5.73 Å². The zero-order valence-electron chi connectivity index (χ0n) is 16.0. The number of hydrogen-bond donors (Lipinski definition) is 3. The van der Waals surface area contributed by atoms with Crippen LogP contribution in [0.25, 0.3) is 33.7 Å². The summed E-state index contributed by atoms with van der Waals surface area (Å²) < 4.78 is 0. The third-order valence-electron chi connectivity index (χ3n) is 4.11. The smallest absolute Gasteiger partial charge is 0.180 e. The fourth-order valence-corrected chi connectivity index (χ4v) is 2.96. The van der Waals surface area contributed by atoms with Crippen molar-refractivity contribution in [1.82, 2.24) is 15.0 Å². The number of halogens is 1. The van der Waals surface area contributed by atoms with E-state index in [4.69, 9.17) is 26.7 Å². The lowest BCUT2D eigenvalue weighted by atomic mass is 10.0. The van der Waals surface area contributed by atoms with Crippen LogP contribution < -0.4 is 11.1 Å². The molecule has 4 rings (SSSR count). The van der Waals surface area contributed by atoms with Gasteiger partial charge in [-0.05, 0) is 31.3 Å². The van der Waals surface area contributed by atoms with E-state index < -0.39 is 0 Å². The van der Waals surface area contributed by atoms with Gasteiger partial charge in [-0.25, -0.2) is 15.0 Å². The summed E-state index contributed by atoms with van der Waals surface area (Å²) in [6.45, 7) is 0.469. The second kappa shape index (κ2) is 9.93. The fraction of sp³-hybridized carbons (Fsp3) is 0.136. The van der Waals surface area contributed by atoms with Crippen molar-refractivity contribution >= 4 is 28.6 Å². The Morgan fingerprint density at radius 3 is 2.17 bits per heavy atom. The van der Waals surface area contributed by atoms with Crippen LogP contribution in [-0.2, 0) is 0 Å². The van der Waals surface area contributed by atoms with Gasteiger partial charge in [0.2, 0.25) is 0 Å². The number of fused-ring (bicyclic) bond motifs is 1. The number of rotatable bonds is 5. The second-order valence-corrected chi connectivity index (χ2v) is 6.42. The summed E-state index contributed by atoms with van der Waals surface area (Å²) in [5.41, 5.74) is 9.20. The third kappa shape index (κ3) is 4.86. The van der Waals surface area contributed by atoms with Crippen molar-refractivity contribution in [3.63, 3.8) is 0 Å². The van der Waals surface area contributed by atoms with E-state index >= 15 is 0 Å². The third-order valence-corrected chi connectivity index (χ3v) is 4.36. The molecule has 2 aromatic carbocycles. The maximum Gasteiger partial charge on any atom is 0.180 e. The average Bonchev–Trinajstić information content (AvgIpc) is 2.79. The molecule has 0 aliphatic heterocycles. The highest BCUT2D eigenvalue weighted by atomic mass is 35.5. The minimum Gasteiger partial charge on any atom is -0.395 e. The van der Waals surface area contributed by atoms with E-state index in [1.807, 2.05) is 66.7 Å². The molecular weight excluding hydrogens is 386 g/mol. The monoisotopic (exact) mass is 407 g/mol. The summed E-state index contributed by atoms with van der Waals surface area (Å²) >= 11 is 6.04. The normalized spacial score (nSPS) is 10.3. The van der Waals surface area contributed by atoms with Crippen molar-refractivity contribution in [1.29, 1.82) is 0 Å². The van der Waals surface area contributed by atoms with E-state index in [9.17, 15) is 0 Å². The number of hydrogen-bond acceptors (Lipinski definition) is 6. The quantitative estimate of drug-likeness (QED) is 0.462. The molecule has 0 spiro atoms. The van der Waals surface area contributed by atoms with E-state index in [1.165, 1.54) is 7.05 Å². The number of aromatic nitrogens is 3. The molecule has 0 unspecified atom stereocenters. The van der Waals surface area contributed by atoms with Gasteiger partial charge in [-0.15, -0.1) is 0 Å². The van der Waals surface area contributed by atoms with E-state index in [0.717, 1.165) is 22.5 Å². The van der Waals surface area contributed by atoms with Crippen LogP contribution in [0, 0.1) is 0 Å². The Bertz CT molecular complexity index is 1070. The summed E-state index contributed by atoms with van der Waals surface area (Å²) in [5.74, 6) is 0.657. The van der Waals surface area contributed by atoms with Gasteiger partial charge in [0.05, 0.1) is 18.0 Å². The van der Waals surface area contributed by atoms with Gasteiger partial charge in [-0.3, -0.25) is 0 Å². The first-order valence-electron chi connectivity index (χ1n) is 9.17. The Morgan fingerprint density at radius 1 is 0.828 bits per heavy atom. The molecule has 0 aliphatic rings. The fourth-order valence-electron chi connectivity index (χ4n) is 2.83. The molecular formula is C22H22ClN5O. The Hall–Kier alpha value is -3.06. The van der Waals surface area contributed by atoms with Crippen LogP contribution >= 0.6 is 11.6 Å². The summed E-state index contributed by atoms with van der Waals surface area (Å²) in [7, 11) is 1.50. The van der Waals surface area contributed by atoms with Gasteiger partial charge >= 0.3 is 0 Å². The van der Waals surface area contributed by atoms with E-state index in [0.29, 0.717) is 28.5 Å². The SMILES string of the molecule is CN.OCCNc1ccc2nc(-c3ccc(Cl)cc3)c(-c3ccccc3)nc2n1. The van der Waals surface area contributed by atoms with Gasteiger partial charge in [0.25, 0.3) is 0 Å². The molecule has 2 heterocycles. The molecule has 0 saturated carbocycles. The van der Waals surface area contributed by atoms with E-state index in [2.05, 4.69) is 16.0 Å². The number of benzene rings is 2. The van der Waals surface area contributed by atoms with E-state index in [1.54, 1.807) is 0 Å². The van der Waals surface area contributed by atoms with Crippen molar-refractivity contribution in [2.75, 3.05) is 25.5 Å². The van der Waals surface area contributed by atoms with Crippen molar-refractivity contribution in [2.45, 2.75) is 0 Å². The predicted octanol–water partition coefficient (Wildman–Crippen LogP) is 3.99. The predicted molar refractivity (Wildman–Crippen MR) is 119 cm³/mol. The van der Waals surface area contributed by atoms with Gasteiger partial charge in [0, 0.05) is 22.7 Å². The number of aliphatic hydroxyl groups is 1. The Balaban J connectivity index is 0.00000117. The number of nitrogens with zero attached hydrogens (tertiary/aromatic N) is 3. The minimum absolute atomic E-state index is 0.0379. The Labute approximate surface area is 174 Å². The molecule has 0 aliphatic carbocycles. The molecule has 4 N–H and O–H groups in total. The number of nitrogens with one attached hydrogen (secondary N) is 1. The summed E-state index contributed by atoms with van der Waals surface area (Å²) in [4.78, 5) is 14.2. The number of nitrogens with two attached hydrogens (primary N) is 1. The van der Waals surface area contributed by atoms with Gasteiger partial charge in [0.15, 0.2) is 5.65 Å². The first-order valence-corrected chi connectivity index (χ1v) is 9.55. The molecule has 0 saturated heterocycles. The van der Waals surface area contributed by atoms with Crippen LogP contribution in [-0.4, -0.2) is 40.3 Å². The van der Waals surface area contributed by atoms with Crippen LogP contribution in [0.15, 0.2) is 66.7 Å². The van der Waals surface area contributed by atoms with Crippen molar-refractivity contribution in [3.05, 3.63) is 71.8 Å². The van der Waals surface area contributed by atoms with Crippen molar-refractivity contribution in [3.8, 4) is 22.5 Å². The van der Waals surface area contributed by atoms with Gasteiger partial charge in [-0.1, -0.05) is 54.1 Å². The second-order valence-electron chi connectivity index (χ2n) is 5.98. The van der Waals surface area contributed by atoms with Gasteiger partial charge in [-0.2, -0.15) is 0 Å². The first kappa shape index (κ1) is 20.7. The molecule has 4 aromatic rings. The Morgan fingerprint density at radius 2 is 1.48 bits per heavy atom. The highest BCUT2D eigenvalue weighted by molar-refractivity contribution is 6.30. The minimum atomic E-state index is 0.0379. The van der Waals surface area contributed by atoms with Gasteiger partial charge in [0.1, 0.15) is 11.3 Å². The molecule has 0 radical (unpaired) electrons. The number of anilines is 1. The molecule has 0 atom stereocenters. The molecule has 6 nitrogen and oxygen atoms in total. The average molecular weight is 408 g/mol. The summed E-state index contributed by atoms with van der Waals surface area (Å²) in [6, 6.07) is 21.2. The number of aliphatic hydroxyl groups excluding tert-OH is 1.